The predicted octanol–water partition coefficient (Wildman–Crippen LogP) is 5.05. The lowest BCUT2D eigenvalue weighted by Crippen LogP contribution is -2.29. The van der Waals surface area contributed by atoms with E-state index >= 15 is 0 Å². The Kier molecular flexibility index (Phi) is 9.53. The molecule has 0 unspecified atom stereocenters. The van der Waals surface area contributed by atoms with E-state index in [1.165, 1.54) is 17.7 Å². The molecule has 1 aliphatic rings. The van der Waals surface area contributed by atoms with E-state index < -0.39 is 0 Å². The molecule has 0 spiro atoms. The third-order valence-electron chi connectivity index (χ3n) is 4.82. The molecule has 1 aromatic carbocycles. The van der Waals surface area contributed by atoms with Gasteiger partial charge in [0.1, 0.15) is 0 Å². The molecule has 1 fully saturated rings. The zero-order valence-electron chi connectivity index (χ0n) is 15.8. The highest BCUT2D eigenvalue weighted by Crippen LogP contribution is 2.16. The number of likely N-dealkylation sites (tertiary alicyclic amines) is 1. The van der Waals surface area contributed by atoms with Gasteiger partial charge in [0.25, 0.3) is 0 Å². The molecular formula is C21H29BrN2O3. The maximum atomic E-state index is 11.9. The average molecular weight is 437 g/mol. The number of rotatable bonds is 12. The molecule has 1 aliphatic heterocycles. The van der Waals surface area contributed by atoms with Crippen molar-refractivity contribution in [3.05, 3.63) is 28.7 Å². The molecule has 0 saturated carbocycles. The minimum atomic E-state index is -0.0100. The molecule has 148 valence electrons. The van der Waals surface area contributed by atoms with Crippen LogP contribution in [0.3, 0.4) is 0 Å². The molecule has 1 saturated heterocycles. The second-order valence-corrected chi connectivity index (χ2v) is 7.99. The van der Waals surface area contributed by atoms with Crippen LogP contribution >= 0.6 is 15.9 Å². The summed E-state index contributed by atoms with van der Waals surface area (Å²) < 4.78 is 0.999. The van der Waals surface area contributed by atoms with Crippen molar-refractivity contribution in [1.82, 2.24) is 4.90 Å². The number of benzene rings is 1. The number of imide groups is 1. The van der Waals surface area contributed by atoms with E-state index in [0.29, 0.717) is 25.8 Å². The number of nitrogens with one attached hydrogen (secondary N) is 1. The van der Waals surface area contributed by atoms with Crippen LogP contribution in [0.5, 0.6) is 0 Å². The Morgan fingerprint density at radius 3 is 1.96 bits per heavy atom. The zero-order chi connectivity index (χ0) is 19.5. The minimum absolute atomic E-state index is 0.0100. The largest absolute Gasteiger partial charge is 0.326 e. The van der Waals surface area contributed by atoms with Crippen LogP contribution in [0.4, 0.5) is 5.69 Å². The Balaban J connectivity index is 1.40. The van der Waals surface area contributed by atoms with Gasteiger partial charge < -0.3 is 5.32 Å². The molecule has 27 heavy (non-hydrogen) atoms. The Morgan fingerprint density at radius 2 is 1.37 bits per heavy atom. The number of hydrogen-bond donors (Lipinski definition) is 1. The molecule has 1 aromatic rings. The molecular weight excluding hydrogens is 408 g/mol. The average Bonchev–Trinajstić information content (AvgIpc) is 2.97. The summed E-state index contributed by atoms with van der Waals surface area (Å²) >= 11 is 3.38. The van der Waals surface area contributed by atoms with Gasteiger partial charge in [0.2, 0.25) is 17.7 Å². The fourth-order valence-corrected chi connectivity index (χ4v) is 3.51. The lowest BCUT2D eigenvalue weighted by Gasteiger charge is -2.13. The third-order valence-corrected chi connectivity index (χ3v) is 5.35. The van der Waals surface area contributed by atoms with Crippen molar-refractivity contribution >= 4 is 39.3 Å². The first-order valence-electron chi connectivity index (χ1n) is 9.95. The van der Waals surface area contributed by atoms with Crippen LogP contribution in [0, 0.1) is 0 Å². The molecule has 0 bridgehead atoms. The van der Waals surface area contributed by atoms with Crippen LogP contribution in [-0.2, 0) is 14.4 Å². The number of amides is 3. The molecule has 0 atom stereocenters. The molecule has 6 heteroatoms. The standard InChI is InChI=1S/C21H29BrN2O3/c22-17-10-12-18(13-11-17)23-19(25)9-7-5-3-1-2-4-6-8-16-24-20(26)14-15-21(24)27/h10-13H,1-9,14-16H2,(H,23,25). The first-order chi connectivity index (χ1) is 13.1. The van der Waals surface area contributed by atoms with Crippen molar-refractivity contribution in [2.24, 2.45) is 0 Å². The first-order valence-corrected chi connectivity index (χ1v) is 10.7. The quantitative estimate of drug-likeness (QED) is 0.368. The van der Waals surface area contributed by atoms with Gasteiger partial charge in [-0.25, -0.2) is 0 Å². The fourth-order valence-electron chi connectivity index (χ4n) is 3.25. The van der Waals surface area contributed by atoms with Crippen LogP contribution in [0.1, 0.15) is 70.6 Å². The van der Waals surface area contributed by atoms with E-state index in [0.717, 1.165) is 48.7 Å². The Morgan fingerprint density at radius 1 is 0.852 bits per heavy atom. The monoisotopic (exact) mass is 436 g/mol. The molecule has 5 nitrogen and oxygen atoms in total. The first kappa shape index (κ1) is 21.6. The molecule has 0 radical (unpaired) electrons. The van der Waals surface area contributed by atoms with Gasteiger partial charge in [0.15, 0.2) is 0 Å². The van der Waals surface area contributed by atoms with Crippen molar-refractivity contribution in [2.45, 2.75) is 70.6 Å². The fraction of sp³-hybridized carbons (Fsp3) is 0.571. The van der Waals surface area contributed by atoms with E-state index in [9.17, 15) is 14.4 Å². The van der Waals surface area contributed by atoms with Gasteiger partial charge in [-0.05, 0) is 37.1 Å². The summed E-state index contributed by atoms with van der Waals surface area (Å²) in [5, 5.41) is 2.91. The number of halogens is 1. The maximum Gasteiger partial charge on any atom is 0.229 e. The molecule has 2 rings (SSSR count). The predicted molar refractivity (Wildman–Crippen MR) is 110 cm³/mol. The minimum Gasteiger partial charge on any atom is -0.326 e. The summed E-state index contributed by atoms with van der Waals surface area (Å²) in [6.07, 6.45) is 9.94. The summed E-state index contributed by atoms with van der Waals surface area (Å²) in [4.78, 5) is 36.3. The number of hydrogen-bond acceptors (Lipinski definition) is 3. The molecule has 3 amide bonds. The van der Waals surface area contributed by atoms with Crippen LogP contribution in [0.2, 0.25) is 0 Å². The lowest BCUT2D eigenvalue weighted by atomic mass is 10.1. The van der Waals surface area contributed by atoms with Crippen LogP contribution < -0.4 is 5.32 Å². The van der Waals surface area contributed by atoms with Crippen molar-refractivity contribution in [2.75, 3.05) is 11.9 Å². The van der Waals surface area contributed by atoms with Crippen molar-refractivity contribution in [3.8, 4) is 0 Å². The van der Waals surface area contributed by atoms with Gasteiger partial charge in [-0.2, -0.15) is 0 Å². The normalized spacial score (nSPS) is 14.0. The zero-order valence-corrected chi connectivity index (χ0v) is 17.4. The Labute approximate surface area is 170 Å². The van der Waals surface area contributed by atoms with Gasteiger partial charge in [-0.1, -0.05) is 54.5 Å². The SMILES string of the molecule is O=C(CCCCCCCCCCN1C(=O)CCC1=O)Nc1ccc(Br)cc1. The highest BCUT2D eigenvalue weighted by molar-refractivity contribution is 9.10. The van der Waals surface area contributed by atoms with Crippen molar-refractivity contribution < 1.29 is 14.4 Å². The Hall–Kier alpha value is -1.69. The van der Waals surface area contributed by atoms with E-state index in [1.54, 1.807) is 0 Å². The summed E-state index contributed by atoms with van der Waals surface area (Å²) in [6.45, 7) is 0.588. The Bertz CT molecular complexity index is 615. The summed E-state index contributed by atoms with van der Waals surface area (Å²) in [5.74, 6) is 0.0525. The summed E-state index contributed by atoms with van der Waals surface area (Å²) in [5.41, 5.74) is 0.834. The van der Waals surface area contributed by atoms with E-state index in [4.69, 9.17) is 0 Å². The van der Waals surface area contributed by atoms with Gasteiger partial charge in [-0.3, -0.25) is 19.3 Å². The number of carbonyl (C=O) groups excluding carboxylic acids is 3. The lowest BCUT2D eigenvalue weighted by molar-refractivity contribution is -0.138. The number of unbranched alkanes of at least 4 members (excludes halogenated alkanes) is 7. The molecule has 0 aromatic heterocycles. The van der Waals surface area contributed by atoms with Gasteiger partial charge >= 0.3 is 0 Å². The van der Waals surface area contributed by atoms with Crippen molar-refractivity contribution in [3.63, 3.8) is 0 Å². The van der Waals surface area contributed by atoms with Crippen molar-refractivity contribution in [1.29, 1.82) is 0 Å². The second-order valence-electron chi connectivity index (χ2n) is 7.07. The summed E-state index contributed by atoms with van der Waals surface area (Å²) in [7, 11) is 0. The maximum absolute atomic E-state index is 11.9. The number of carbonyl (C=O) groups is 3. The highest BCUT2D eigenvalue weighted by Gasteiger charge is 2.27. The van der Waals surface area contributed by atoms with E-state index in [2.05, 4.69) is 21.2 Å². The smallest absolute Gasteiger partial charge is 0.229 e. The molecule has 0 aliphatic carbocycles. The van der Waals surface area contributed by atoms with Gasteiger partial charge in [0, 0.05) is 36.0 Å². The van der Waals surface area contributed by atoms with Crippen LogP contribution in [0.15, 0.2) is 28.7 Å². The third kappa shape index (κ3) is 8.24. The molecule has 1 heterocycles. The van der Waals surface area contributed by atoms with Gasteiger partial charge in [0.05, 0.1) is 0 Å². The van der Waals surface area contributed by atoms with E-state index in [-0.39, 0.29) is 17.7 Å². The molecule has 1 N–H and O–H groups in total. The van der Waals surface area contributed by atoms with Crippen LogP contribution in [-0.4, -0.2) is 29.2 Å². The second kappa shape index (κ2) is 11.9. The topological polar surface area (TPSA) is 66.5 Å². The van der Waals surface area contributed by atoms with Gasteiger partial charge in [-0.15, -0.1) is 0 Å². The van der Waals surface area contributed by atoms with E-state index in [1.807, 2.05) is 24.3 Å². The summed E-state index contributed by atoms with van der Waals surface area (Å²) in [6, 6.07) is 7.60. The number of anilines is 1. The van der Waals surface area contributed by atoms with Crippen LogP contribution in [0.25, 0.3) is 0 Å². The number of nitrogens with zero attached hydrogens (tertiary/aromatic N) is 1. The highest BCUT2D eigenvalue weighted by atomic mass is 79.9.